The summed E-state index contributed by atoms with van der Waals surface area (Å²) in [5.74, 6) is 1.08. The first-order chi connectivity index (χ1) is 16.6. The molecule has 8 nitrogen and oxygen atoms in total. The van der Waals surface area contributed by atoms with E-state index in [0.29, 0.717) is 6.54 Å². The van der Waals surface area contributed by atoms with Gasteiger partial charge >= 0.3 is 0 Å². The molecule has 190 valence electrons. The SMILES string of the molecule is CCC(C)(C)n1nnnc1[C@@H](C(C)C)N(Cc1cc2cc(C)cc(C)c2[nH]c1=O)C[C@@H]1CCCO1. The van der Waals surface area contributed by atoms with Crippen LogP contribution in [0.5, 0.6) is 0 Å². The van der Waals surface area contributed by atoms with Gasteiger partial charge in [-0.1, -0.05) is 32.4 Å². The Bertz CT molecular complexity index is 1220. The lowest BCUT2D eigenvalue weighted by atomic mass is 9.97. The van der Waals surface area contributed by atoms with Crippen LogP contribution in [0.25, 0.3) is 10.9 Å². The summed E-state index contributed by atoms with van der Waals surface area (Å²) in [4.78, 5) is 18.7. The van der Waals surface area contributed by atoms with Gasteiger partial charge in [-0.3, -0.25) is 9.69 Å². The van der Waals surface area contributed by atoms with Gasteiger partial charge in [-0.15, -0.1) is 5.10 Å². The van der Waals surface area contributed by atoms with E-state index in [-0.39, 0.29) is 29.2 Å². The minimum atomic E-state index is -0.211. The summed E-state index contributed by atoms with van der Waals surface area (Å²) >= 11 is 0. The van der Waals surface area contributed by atoms with Gasteiger partial charge in [0, 0.05) is 25.3 Å². The summed E-state index contributed by atoms with van der Waals surface area (Å²) in [6, 6.07) is 6.23. The van der Waals surface area contributed by atoms with Gasteiger partial charge in [0.15, 0.2) is 5.82 Å². The van der Waals surface area contributed by atoms with Crippen molar-refractivity contribution in [2.45, 2.75) is 92.0 Å². The number of nitrogens with zero attached hydrogens (tertiary/aromatic N) is 5. The molecule has 1 N–H and O–H groups in total. The van der Waals surface area contributed by atoms with Crippen LogP contribution in [0.15, 0.2) is 23.0 Å². The fourth-order valence-electron chi connectivity index (χ4n) is 5.24. The minimum Gasteiger partial charge on any atom is -0.377 e. The average Bonchev–Trinajstić information content (AvgIpc) is 3.47. The Kier molecular flexibility index (Phi) is 7.43. The van der Waals surface area contributed by atoms with Gasteiger partial charge in [-0.25, -0.2) is 4.68 Å². The number of benzene rings is 1. The number of tetrazole rings is 1. The summed E-state index contributed by atoms with van der Waals surface area (Å²) < 4.78 is 8.00. The zero-order valence-corrected chi connectivity index (χ0v) is 22.3. The van der Waals surface area contributed by atoms with Crippen molar-refractivity contribution >= 4 is 10.9 Å². The third-order valence-corrected chi connectivity index (χ3v) is 7.43. The van der Waals surface area contributed by atoms with E-state index >= 15 is 0 Å². The lowest BCUT2D eigenvalue weighted by Gasteiger charge is -2.36. The van der Waals surface area contributed by atoms with Crippen molar-refractivity contribution in [1.82, 2.24) is 30.1 Å². The van der Waals surface area contributed by atoms with Crippen LogP contribution in [0, 0.1) is 19.8 Å². The van der Waals surface area contributed by atoms with E-state index in [1.807, 2.05) is 17.7 Å². The number of hydrogen-bond acceptors (Lipinski definition) is 6. The van der Waals surface area contributed by atoms with Crippen LogP contribution in [0.4, 0.5) is 0 Å². The van der Waals surface area contributed by atoms with E-state index in [1.165, 1.54) is 5.56 Å². The van der Waals surface area contributed by atoms with Gasteiger partial charge in [-0.05, 0) is 86.4 Å². The summed E-state index contributed by atoms with van der Waals surface area (Å²) in [5.41, 5.74) is 3.67. The highest BCUT2D eigenvalue weighted by Crippen LogP contribution is 2.33. The summed E-state index contributed by atoms with van der Waals surface area (Å²) in [6.45, 7) is 17.0. The fraction of sp³-hybridized carbons (Fsp3) is 0.630. The predicted molar refractivity (Wildman–Crippen MR) is 138 cm³/mol. The van der Waals surface area contributed by atoms with Crippen molar-refractivity contribution in [2.75, 3.05) is 13.2 Å². The highest BCUT2D eigenvalue weighted by atomic mass is 16.5. The number of aromatic amines is 1. The second kappa shape index (κ2) is 10.2. The standard InChI is InChI=1S/C27H40N6O2/c1-8-27(6,7)33-25(29-30-31-33)24(17(2)3)32(16-22-10-9-11-35-22)15-21-14-20-13-18(4)12-19(5)23(20)28-26(21)34/h12-14,17,22,24H,8-11,15-16H2,1-7H3,(H,28,34)/t22-,24+/m0/s1. The van der Waals surface area contributed by atoms with Crippen molar-refractivity contribution < 1.29 is 4.74 Å². The molecule has 1 fully saturated rings. The van der Waals surface area contributed by atoms with Gasteiger partial charge in [-0.2, -0.15) is 0 Å². The summed E-state index contributed by atoms with van der Waals surface area (Å²) in [7, 11) is 0. The molecular weight excluding hydrogens is 440 g/mol. The Hall–Kier alpha value is -2.58. The monoisotopic (exact) mass is 480 g/mol. The number of H-pyrrole nitrogens is 1. The van der Waals surface area contributed by atoms with E-state index in [1.54, 1.807) is 0 Å². The molecule has 0 unspecified atom stereocenters. The molecule has 0 amide bonds. The molecule has 1 aliphatic heterocycles. The topological polar surface area (TPSA) is 88.9 Å². The van der Waals surface area contributed by atoms with Crippen molar-refractivity contribution in [3.05, 3.63) is 51.1 Å². The van der Waals surface area contributed by atoms with Gasteiger partial charge < -0.3 is 9.72 Å². The molecule has 4 rings (SSSR count). The number of rotatable bonds is 9. The molecule has 0 aliphatic carbocycles. The molecule has 0 saturated carbocycles. The van der Waals surface area contributed by atoms with Crippen molar-refractivity contribution in [1.29, 1.82) is 0 Å². The summed E-state index contributed by atoms with van der Waals surface area (Å²) in [6.07, 6.45) is 3.15. The Morgan fingerprint density at radius 3 is 2.69 bits per heavy atom. The molecule has 0 spiro atoms. The van der Waals surface area contributed by atoms with E-state index in [4.69, 9.17) is 4.74 Å². The van der Waals surface area contributed by atoms with Crippen LogP contribution in [-0.4, -0.2) is 49.3 Å². The number of ether oxygens (including phenoxy) is 1. The average molecular weight is 481 g/mol. The molecule has 2 atom stereocenters. The van der Waals surface area contributed by atoms with Crippen molar-refractivity contribution in [3.63, 3.8) is 0 Å². The highest BCUT2D eigenvalue weighted by molar-refractivity contribution is 5.82. The number of aryl methyl sites for hydroxylation is 2. The Labute approximate surface area is 208 Å². The number of pyridine rings is 1. The van der Waals surface area contributed by atoms with Gasteiger partial charge in [0.25, 0.3) is 5.56 Å². The molecular formula is C27H40N6O2. The largest absolute Gasteiger partial charge is 0.377 e. The van der Waals surface area contributed by atoms with Gasteiger partial charge in [0.05, 0.1) is 23.2 Å². The third-order valence-electron chi connectivity index (χ3n) is 7.43. The first kappa shape index (κ1) is 25.5. The van der Waals surface area contributed by atoms with Crippen LogP contribution in [0.2, 0.25) is 0 Å². The molecule has 1 aliphatic rings. The second-order valence-corrected chi connectivity index (χ2v) is 11.0. The number of fused-ring (bicyclic) bond motifs is 1. The second-order valence-electron chi connectivity index (χ2n) is 11.0. The van der Waals surface area contributed by atoms with E-state index in [0.717, 1.165) is 60.3 Å². The predicted octanol–water partition coefficient (Wildman–Crippen LogP) is 4.65. The number of aromatic nitrogens is 5. The van der Waals surface area contributed by atoms with E-state index in [9.17, 15) is 4.79 Å². The van der Waals surface area contributed by atoms with E-state index < -0.39 is 0 Å². The lowest BCUT2D eigenvalue weighted by Crippen LogP contribution is -2.41. The molecule has 2 aromatic heterocycles. The molecule has 1 saturated heterocycles. The lowest BCUT2D eigenvalue weighted by molar-refractivity contribution is 0.0368. The molecule has 8 heteroatoms. The molecule has 0 bridgehead atoms. The van der Waals surface area contributed by atoms with Crippen molar-refractivity contribution in [2.24, 2.45) is 5.92 Å². The minimum absolute atomic E-state index is 0.0437. The normalized spacial score (nSPS) is 17.7. The molecule has 3 aromatic rings. The smallest absolute Gasteiger partial charge is 0.252 e. The maximum atomic E-state index is 13.2. The first-order valence-corrected chi connectivity index (χ1v) is 12.9. The maximum Gasteiger partial charge on any atom is 0.252 e. The number of hydrogen-bond donors (Lipinski definition) is 1. The van der Waals surface area contributed by atoms with Crippen LogP contribution in [-0.2, 0) is 16.8 Å². The first-order valence-electron chi connectivity index (χ1n) is 12.9. The van der Waals surface area contributed by atoms with Crippen LogP contribution in [0.3, 0.4) is 0 Å². The van der Waals surface area contributed by atoms with Gasteiger partial charge in [0.2, 0.25) is 0 Å². The Morgan fingerprint density at radius 2 is 2.03 bits per heavy atom. The highest BCUT2D eigenvalue weighted by Gasteiger charge is 2.35. The van der Waals surface area contributed by atoms with Crippen LogP contribution in [0.1, 0.15) is 82.4 Å². The number of nitrogens with one attached hydrogen (secondary N) is 1. The molecule has 3 heterocycles. The van der Waals surface area contributed by atoms with Crippen LogP contribution < -0.4 is 5.56 Å². The third kappa shape index (κ3) is 5.33. The van der Waals surface area contributed by atoms with E-state index in [2.05, 4.69) is 79.1 Å². The van der Waals surface area contributed by atoms with Crippen LogP contribution >= 0.6 is 0 Å². The zero-order valence-electron chi connectivity index (χ0n) is 22.3. The quantitative estimate of drug-likeness (QED) is 0.479. The summed E-state index contributed by atoms with van der Waals surface area (Å²) in [5, 5.41) is 14.0. The molecule has 35 heavy (non-hydrogen) atoms. The van der Waals surface area contributed by atoms with Crippen molar-refractivity contribution in [3.8, 4) is 0 Å². The molecule has 0 radical (unpaired) electrons. The van der Waals surface area contributed by atoms with Gasteiger partial charge in [0.1, 0.15) is 0 Å². The fourth-order valence-corrected chi connectivity index (χ4v) is 5.24. The zero-order chi connectivity index (χ0) is 25.3. The maximum absolute atomic E-state index is 13.2. The Balaban J connectivity index is 1.78. The Morgan fingerprint density at radius 1 is 1.26 bits per heavy atom. The molecule has 1 aromatic carbocycles.